The summed E-state index contributed by atoms with van der Waals surface area (Å²) in [6, 6.07) is 7.29. The van der Waals surface area contributed by atoms with Crippen LogP contribution in [0, 0.1) is 13.8 Å². The van der Waals surface area contributed by atoms with Crippen LogP contribution in [0.4, 0.5) is 5.88 Å². The number of amides is 1. The smallest absolute Gasteiger partial charge is 0.362 e. The molecule has 3 aromatic rings. The molecule has 2 aromatic heterocycles. The van der Waals surface area contributed by atoms with E-state index in [1.54, 1.807) is 23.7 Å². The van der Waals surface area contributed by atoms with E-state index in [-0.39, 0.29) is 30.5 Å². The molecule has 1 N–H and O–H groups in total. The van der Waals surface area contributed by atoms with Crippen LogP contribution in [0.1, 0.15) is 47.2 Å². The minimum atomic E-state index is -0.640. The van der Waals surface area contributed by atoms with Crippen LogP contribution in [0.5, 0.6) is 0 Å². The fourth-order valence-corrected chi connectivity index (χ4v) is 3.16. The third-order valence-corrected chi connectivity index (χ3v) is 4.80. The minimum Gasteiger partial charge on any atom is -0.461 e. The maximum absolute atomic E-state index is 12.7. The number of carbonyl (C=O) groups excluding carboxylic acids is 2. The van der Waals surface area contributed by atoms with Gasteiger partial charge in [0, 0.05) is 22.7 Å². The number of benzene rings is 1. The summed E-state index contributed by atoms with van der Waals surface area (Å²) in [5, 5.41) is 7.82. The Hall–Kier alpha value is -3.13. The maximum atomic E-state index is 12.7. The molecule has 9 heteroatoms. The largest absolute Gasteiger partial charge is 0.461 e. The molecule has 0 spiro atoms. The molecule has 1 aromatic carbocycles. The third-order valence-electron chi connectivity index (χ3n) is 4.55. The monoisotopic (exact) mass is 430 g/mol. The molecule has 0 fully saturated rings. The molecule has 2 heterocycles. The van der Waals surface area contributed by atoms with Crippen LogP contribution in [0.25, 0.3) is 5.69 Å². The van der Waals surface area contributed by atoms with Crippen molar-refractivity contribution in [3.05, 3.63) is 57.8 Å². The predicted molar refractivity (Wildman–Crippen MR) is 112 cm³/mol. The summed E-state index contributed by atoms with van der Waals surface area (Å²) in [5.74, 6) is -0.646. The van der Waals surface area contributed by atoms with Crippen LogP contribution in [0.15, 0.2) is 28.7 Å². The van der Waals surface area contributed by atoms with Crippen molar-refractivity contribution in [3.63, 3.8) is 0 Å². The van der Waals surface area contributed by atoms with E-state index in [1.807, 2.05) is 32.9 Å². The van der Waals surface area contributed by atoms with E-state index in [0.29, 0.717) is 17.3 Å². The molecule has 0 aliphatic heterocycles. The van der Waals surface area contributed by atoms with Crippen molar-refractivity contribution in [1.29, 1.82) is 0 Å². The Bertz CT molecular complexity index is 1070. The second-order valence-corrected chi connectivity index (χ2v) is 7.06. The van der Waals surface area contributed by atoms with E-state index in [4.69, 9.17) is 20.8 Å². The number of anilines is 1. The first kappa shape index (κ1) is 21.6. The summed E-state index contributed by atoms with van der Waals surface area (Å²) in [4.78, 5) is 28.9. The Morgan fingerprint density at radius 2 is 1.90 bits per heavy atom. The minimum absolute atomic E-state index is 0.00398. The zero-order valence-electron chi connectivity index (χ0n) is 17.3. The van der Waals surface area contributed by atoms with Gasteiger partial charge in [-0.1, -0.05) is 18.5 Å². The highest BCUT2D eigenvalue weighted by atomic mass is 35.5. The molecule has 0 aliphatic carbocycles. The van der Waals surface area contributed by atoms with Crippen molar-refractivity contribution in [2.24, 2.45) is 0 Å². The van der Waals surface area contributed by atoms with Gasteiger partial charge in [0.15, 0.2) is 5.89 Å². The van der Waals surface area contributed by atoms with Crippen LogP contribution in [0.2, 0.25) is 5.02 Å². The van der Waals surface area contributed by atoms with Crippen molar-refractivity contribution in [1.82, 2.24) is 14.8 Å². The molecule has 30 heavy (non-hydrogen) atoms. The van der Waals surface area contributed by atoms with Crippen molar-refractivity contribution >= 4 is 29.4 Å². The number of nitrogens with zero attached hydrogens (tertiary/aromatic N) is 3. The molecule has 0 bridgehead atoms. The van der Waals surface area contributed by atoms with Gasteiger partial charge >= 0.3 is 5.97 Å². The third kappa shape index (κ3) is 4.54. The van der Waals surface area contributed by atoms with Crippen LogP contribution >= 0.6 is 11.6 Å². The van der Waals surface area contributed by atoms with Gasteiger partial charge in [-0.3, -0.25) is 10.1 Å². The van der Waals surface area contributed by atoms with E-state index >= 15 is 0 Å². The zero-order valence-corrected chi connectivity index (χ0v) is 18.0. The van der Waals surface area contributed by atoms with Gasteiger partial charge < -0.3 is 9.15 Å². The van der Waals surface area contributed by atoms with E-state index in [0.717, 1.165) is 22.6 Å². The number of hydrogen-bond acceptors (Lipinski definition) is 6. The first-order chi connectivity index (χ1) is 14.3. The van der Waals surface area contributed by atoms with Crippen molar-refractivity contribution < 1.29 is 18.7 Å². The van der Waals surface area contributed by atoms with Gasteiger partial charge in [0.05, 0.1) is 24.4 Å². The van der Waals surface area contributed by atoms with Crippen LogP contribution in [0.3, 0.4) is 0 Å². The predicted octanol–water partition coefficient (Wildman–Crippen LogP) is 4.05. The SMILES string of the molecule is CCOC(=O)c1nc(CC)oc1NC(=O)Cc1c(C)nn(-c2ccc(Cl)cc2)c1C. The number of aryl methyl sites for hydroxylation is 2. The molecular formula is C21H23ClN4O4. The van der Waals surface area contributed by atoms with Gasteiger partial charge in [-0.2, -0.15) is 5.10 Å². The Kier molecular flexibility index (Phi) is 6.56. The number of halogens is 1. The Balaban J connectivity index is 1.81. The van der Waals surface area contributed by atoms with E-state index in [1.165, 1.54) is 0 Å². The number of nitrogens with one attached hydrogen (secondary N) is 1. The summed E-state index contributed by atoms with van der Waals surface area (Å²) >= 11 is 5.96. The lowest BCUT2D eigenvalue weighted by Gasteiger charge is -2.06. The maximum Gasteiger partial charge on any atom is 0.362 e. The molecule has 3 rings (SSSR count). The lowest BCUT2D eigenvalue weighted by atomic mass is 10.1. The number of esters is 1. The molecule has 158 valence electrons. The molecule has 1 amide bonds. The second kappa shape index (κ2) is 9.13. The van der Waals surface area contributed by atoms with Gasteiger partial charge in [0.25, 0.3) is 0 Å². The summed E-state index contributed by atoms with van der Waals surface area (Å²) in [5.41, 5.74) is 3.17. The van der Waals surface area contributed by atoms with Crippen molar-refractivity contribution in [3.8, 4) is 5.69 Å². The molecule has 8 nitrogen and oxygen atoms in total. The van der Waals surface area contributed by atoms with Crippen LogP contribution in [-0.2, 0) is 22.4 Å². The summed E-state index contributed by atoms with van der Waals surface area (Å²) < 4.78 is 12.3. The second-order valence-electron chi connectivity index (χ2n) is 6.62. The van der Waals surface area contributed by atoms with Gasteiger partial charge in [0.2, 0.25) is 17.5 Å². The quantitative estimate of drug-likeness (QED) is 0.567. The number of hydrogen-bond donors (Lipinski definition) is 1. The average Bonchev–Trinajstić information content (AvgIpc) is 3.24. The first-order valence-electron chi connectivity index (χ1n) is 9.61. The Morgan fingerprint density at radius 3 is 2.53 bits per heavy atom. The average molecular weight is 431 g/mol. The van der Waals surface area contributed by atoms with E-state index in [9.17, 15) is 9.59 Å². The zero-order chi connectivity index (χ0) is 21.8. The fraction of sp³-hybridized carbons (Fsp3) is 0.333. The molecule has 0 saturated carbocycles. The highest BCUT2D eigenvalue weighted by Crippen LogP contribution is 2.22. The molecular weight excluding hydrogens is 408 g/mol. The van der Waals surface area contributed by atoms with E-state index < -0.39 is 5.97 Å². The number of carbonyl (C=O) groups is 2. The normalized spacial score (nSPS) is 10.8. The lowest BCUT2D eigenvalue weighted by molar-refractivity contribution is -0.115. The Morgan fingerprint density at radius 1 is 1.20 bits per heavy atom. The number of aromatic nitrogens is 3. The van der Waals surface area contributed by atoms with Crippen molar-refractivity contribution in [2.75, 3.05) is 11.9 Å². The summed E-state index contributed by atoms with van der Waals surface area (Å²) in [7, 11) is 0. The fourth-order valence-electron chi connectivity index (χ4n) is 3.03. The topological polar surface area (TPSA) is 99.2 Å². The number of ether oxygens (including phenoxy) is 1. The van der Waals surface area contributed by atoms with Gasteiger partial charge in [-0.25, -0.2) is 14.5 Å². The molecule has 0 unspecified atom stereocenters. The first-order valence-corrected chi connectivity index (χ1v) is 9.99. The number of oxazole rings is 1. The summed E-state index contributed by atoms with van der Waals surface area (Å²) in [6.07, 6.45) is 0.546. The van der Waals surface area contributed by atoms with Gasteiger partial charge in [0.1, 0.15) is 0 Å². The Labute approximate surface area is 179 Å². The van der Waals surface area contributed by atoms with Crippen molar-refractivity contribution in [2.45, 2.75) is 40.5 Å². The lowest BCUT2D eigenvalue weighted by Crippen LogP contribution is -2.17. The molecule has 0 aliphatic rings. The highest BCUT2D eigenvalue weighted by Gasteiger charge is 2.24. The molecule has 0 saturated heterocycles. The highest BCUT2D eigenvalue weighted by molar-refractivity contribution is 6.30. The molecule has 0 radical (unpaired) electrons. The number of rotatable bonds is 7. The van der Waals surface area contributed by atoms with Gasteiger partial charge in [-0.15, -0.1) is 0 Å². The van der Waals surface area contributed by atoms with Gasteiger partial charge in [-0.05, 0) is 45.0 Å². The van der Waals surface area contributed by atoms with Crippen LogP contribution < -0.4 is 5.32 Å². The molecule has 0 atom stereocenters. The van der Waals surface area contributed by atoms with E-state index in [2.05, 4.69) is 15.4 Å². The summed E-state index contributed by atoms with van der Waals surface area (Å²) in [6.45, 7) is 7.47. The standard InChI is InChI=1S/C21H23ClN4O4/c1-5-18-24-19(21(28)29-6-2)20(30-18)23-17(27)11-16-12(3)25-26(13(16)4)15-9-7-14(22)8-10-15/h7-10H,5-6,11H2,1-4H3,(H,23,27). The van der Waals surface area contributed by atoms with Crippen LogP contribution in [-0.4, -0.2) is 33.2 Å².